The topological polar surface area (TPSA) is 88.9 Å². The molecule has 2 amide bonds. The minimum absolute atomic E-state index is 0.188. The summed E-state index contributed by atoms with van der Waals surface area (Å²) >= 11 is 1.28. The molecule has 2 N–H and O–H groups in total. The number of amides is 2. The van der Waals surface area contributed by atoms with E-state index in [9.17, 15) is 14.0 Å². The van der Waals surface area contributed by atoms with Crippen LogP contribution in [-0.2, 0) is 11.8 Å². The van der Waals surface area contributed by atoms with E-state index in [1.165, 1.54) is 23.9 Å². The van der Waals surface area contributed by atoms with E-state index >= 15 is 0 Å². The molecule has 0 saturated carbocycles. The van der Waals surface area contributed by atoms with Gasteiger partial charge in [-0.05, 0) is 48.9 Å². The molecule has 0 spiro atoms. The maximum atomic E-state index is 13.3. The fraction of sp³-hybridized carbons (Fsp3) is 0.158. The number of aryl methyl sites for hydroxylation is 2. The number of halogens is 1. The lowest BCUT2D eigenvalue weighted by Gasteiger charge is -2.09. The second kappa shape index (κ2) is 8.66. The van der Waals surface area contributed by atoms with E-state index in [1.807, 2.05) is 0 Å². The summed E-state index contributed by atoms with van der Waals surface area (Å²) in [5.74, 6) is -0.781. The summed E-state index contributed by atoms with van der Waals surface area (Å²) in [5.41, 5.74) is 2.15. The maximum Gasteiger partial charge on any atom is 0.255 e. The number of rotatable bonds is 6. The third kappa shape index (κ3) is 4.95. The monoisotopic (exact) mass is 399 g/mol. The Morgan fingerprint density at radius 1 is 1.14 bits per heavy atom. The molecule has 0 bridgehead atoms. The lowest BCUT2D eigenvalue weighted by molar-refractivity contribution is -0.113. The first-order valence-corrected chi connectivity index (χ1v) is 9.35. The minimum atomic E-state index is -0.418. The van der Waals surface area contributed by atoms with E-state index in [1.54, 1.807) is 55.2 Å². The number of hydrogen-bond acceptors (Lipinski definition) is 5. The predicted octanol–water partition coefficient (Wildman–Crippen LogP) is 3.25. The summed E-state index contributed by atoms with van der Waals surface area (Å²) < 4.78 is 15.1. The van der Waals surface area contributed by atoms with Gasteiger partial charge in [-0.25, -0.2) is 4.39 Å². The van der Waals surface area contributed by atoms with E-state index in [0.29, 0.717) is 22.1 Å². The van der Waals surface area contributed by atoms with Crippen LogP contribution in [-0.4, -0.2) is 32.3 Å². The lowest BCUT2D eigenvalue weighted by Crippen LogP contribution is -2.15. The van der Waals surface area contributed by atoms with Gasteiger partial charge in [0.1, 0.15) is 12.1 Å². The van der Waals surface area contributed by atoms with Crippen LogP contribution < -0.4 is 10.6 Å². The molecule has 0 aliphatic carbocycles. The molecule has 0 radical (unpaired) electrons. The van der Waals surface area contributed by atoms with Crippen molar-refractivity contribution in [3.05, 3.63) is 65.7 Å². The highest BCUT2D eigenvalue weighted by atomic mass is 32.2. The van der Waals surface area contributed by atoms with Crippen molar-refractivity contribution >= 4 is 35.0 Å². The molecule has 3 rings (SSSR count). The molecule has 144 valence electrons. The highest BCUT2D eigenvalue weighted by Gasteiger charge is 2.10. The zero-order valence-corrected chi connectivity index (χ0v) is 16.1. The SMILES string of the molecule is Cc1ccc(F)cc1NC(=O)c1ccc(NC(=O)CSc2nncn2C)cc1. The Bertz CT molecular complexity index is 1000. The number of carbonyl (C=O) groups is 2. The molecule has 3 aromatic rings. The average Bonchev–Trinajstić information content (AvgIpc) is 3.08. The van der Waals surface area contributed by atoms with Crippen molar-refractivity contribution in [1.82, 2.24) is 14.8 Å². The quantitative estimate of drug-likeness (QED) is 0.621. The van der Waals surface area contributed by atoms with Gasteiger partial charge in [-0.15, -0.1) is 10.2 Å². The van der Waals surface area contributed by atoms with Crippen molar-refractivity contribution < 1.29 is 14.0 Å². The van der Waals surface area contributed by atoms with Crippen molar-refractivity contribution in [3.63, 3.8) is 0 Å². The molecular weight excluding hydrogens is 381 g/mol. The van der Waals surface area contributed by atoms with E-state index in [-0.39, 0.29) is 17.6 Å². The minimum Gasteiger partial charge on any atom is -0.325 e. The number of hydrogen-bond donors (Lipinski definition) is 2. The molecule has 1 aromatic heterocycles. The van der Waals surface area contributed by atoms with Gasteiger partial charge >= 0.3 is 0 Å². The van der Waals surface area contributed by atoms with Gasteiger partial charge in [0.2, 0.25) is 5.91 Å². The van der Waals surface area contributed by atoms with Gasteiger partial charge in [0.25, 0.3) is 5.91 Å². The van der Waals surface area contributed by atoms with Gasteiger partial charge in [-0.2, -0.15) is 0 Å². The first-order valence-electron chi connectivity index (χ1n) is 8.36. The largest absolute Gasteiger partial charge is 0.325 e. The second-order valence-corrected chi connectivity index (χ2v) is 6.99. The first kappa shape index (κ1) is 19.6. The molecule has 0 aliphatic rings. The normalized spacial score (nSPS) is 10.5. The van der Waals surface area contributed by atoms with Crippen LogP contribution in [0.2, 0.25) is 0 Å². The Labute approximate surface area is 165 Å². The highest BCUT2D eigenvalue weighted by molar-refractivity contribution is 7.99. The van der Waals surface area contributed by atoms with Crippen LogP contribution in [0.3, 0.4) is 0 Å². The lowest BCUT2D eigenvalue weighted by atomic mass is 10.1. The van der Waals surface area contributed by atoms with Crippen LogP contribution in [0.5, 0.6) is 0 Å². The predicted molar refractivity (Wildman–Crippen MR) is 106 cm³/mol. The van der Waals surface area contributed by atoms with Crippen LogP contribution >= 0.6 is 11.8 Å². The summed E-state index contributed by atoms with van der Waals surface area (Å²) in [7, 11) is 1.80. The Hall–Kier alpha value is -3.20. The van der Waals surface area contributed by atoms with E-state index < -0.39 is 5.82 Å². The van der Waals surface area contributed by atoms with Crippen LogP contribution in [0.1, 0.15) is 15.9 Å². The van der Waals surface area contributed by atoms with Crippen LogP contribution in [0.25, 0.3) is 0 Å². The molecule has 28 heavy (non-hydrogen) atoms. The maximum absolute atomic E-state index is 13.3. The summed E-state index contributed by atoms with van der Waals surface area (Å²) in [4.78, 5) is 24.4. The molecule has 1 heterocycles. The molecule has 7 nitrogen and oxygen atoms in total. The van der Waals surface area contributed by atoms with Crippen molar-refractivity contribution in [1.29, 1.82) is 0 Å². The Kier molecular flexibility index (Phi) is 6.05. The van der Waals surface area contributed by atoms with E-state index in [4.69, 9.17) is 0 Å². The molecule has 0 atom stereocenters. The van der Waals surface area contributed by atoms with Gasteiger partial charge in [0.15, 0.2) is 5.16 Å². The molecule has 0 fully saturated rings. The fourth-order valence-corrected chi connectivity index (χ4v) is 3.05. The molecular formula is C19H18FN5O2S. The van der Waals surface area contributed by atoms with E-state index in [0.717, 1.165) is 5.56 Å². The Balaban J connectivity index is 1.56. The second-order valence-electron chi connectivity index (χ2n) is 6.05. The smallest absolute Gasteiger partial charge is 0.255 e. The van der Waals surface area contributed by atoms with Gasteiger partial charge in [0, 0.05) is 24.0 Å². The van der Waals surface area contributed by atoms with Gasteiger partial charge < -0.3 is 15.2 Å². The van der Waals surface area contributed by atoms with Crippen LogP contribution in [0, 0.1) is 12.7 Å². The number of carbonyl (C=O) groups excluding carboxylic acids is 2. The summed E-state index contributed by atoms with van der Waals surface area (Å²) in [6.45, 7) is 1.78. The zero-order chi connectivity index (χ0) is 20.1. The molecule has 2 aromatic carbocycles. The molecule has 0 unspecified atom stereocenters. The summed E-state index contributed by atoms with van der Waals surface area (Å²) in [6, 6.07) is 10.7. The van der Waals surface area contributed by atoms with Crippen molar-refractivity contribution in [2.75, 3.05) is 16.4 Å². The molecule has 0 saturated heterocycles. The number of thioether (sulfide) groups is 1. The number of aromatic nitrogens is 3. The van der Waals surface area contributed by atoms with Gasteiger partial charge in [0.05, 0.1) is 5.75 Å². The Morgan fingerprint density at radius 3 is 2.57 bits per heavy atom. The highest BCUT2D eigenvalue weighted by Crippen LogP contribution is 2.18. The zero-order valence-electron chi connectivity index (χ0n) is 15.3. The van der Waals surface area contributed by atoms with Gasteiger partial charge in [-0.1, -0.05) is 17.8 Å². The number of benzene rings is 2. The number of nitrogens with zero attached hydrogens (tertiary/aromatic N) is 3. The van der Waals surface area contributed by atoms with Crippen LogP contribution in [0.15, 0.2) is 53.9 Å². The van der Waals surface area contributed by atoms with Crippen LogP contribution in [0.4, 0.5) is 15.8 Å². The van der Waals surface area contributed by atoms with Crippen molar-refractivity contribution in [3.8, 4) is 0 Å². The fourth-order valence-electron chi connectivity index (χ4n) is 2.36. The number of anilines is 2. The van der Waals surface area contributed by atoms with Crippen molar-refractivity contribution in [2.24, 2.45) is 7.05 Å². The molecule has 0 aliphatic heterocycles. The van der Waals surface area contributed by atoms with Crippen molar-refractivity contribution in [2.45, 2.75) is 12.1 Å². The van der Waals surface area contributed by atoms with E-state index in [2.05, 4.69) is 20.8 Å². The number of nitrogens with one attached hydrogen (secondary N) is 2. The summed E-state index contributed by atoms with van der Waals surface area (Å²) in [6.07, 6.45) is 1.56. The standard InChI is InChI=1S/C19H18FN5O2S/c1-12-3-6-14(20)9-16(12)23-18(27)13-4-7-15(8-5-13)22-17(26)10-28-19-24-21-11-25(19)2/h3-9,11H,10H2,1-2H3,(H,22,26)(H,23,27). The molecule has 9 heteroatoms. The third-order valence-electron chi connectivity index (χ3n) is 3.88. The summed E-state index contributed by atoms with van der Waals surface area (Å²) in [5, 5.41) is 13.7. The third-order valence-corrected chi connectivity index (χ3v) is 4.92. The van der Waals surface area contributed by atoms with Gasteiger partial charge in [-0.3, -0.25) is 9.59 Å². The Morgan fingerprint density at radius 2 is 1.89 bits per heavy atom. The average molecular weight is 399 g/mol. The first-order chi connectivity index (χ1) is 13.4.